The predicted molar refractivity (Wildman–Crippen MR) is 87.5 cm³/mol. The maximum absolute atomic E-state index is 6.05. The summed E-state index contributed by atoms with van der Waals surface area (Å²) in [6.07, 6.45) is 0. The van der Waals surface area contributed by atoms with Crippen molar-refractivity contribution in [1.29, 1.82) is 0 Å². The molecule has 3 aromatic carbocycles. The molecule has 0 atom stereocenters. The van der Waals surface area contributed by atoms with Crippen LogP contribution in [0, 0.1) is 6.92 Å². The Morgan fingerprint density at radius 3 is 2.14 bits per heavy atom. The van der Waals surface area contributed by atoms with Crippen LogP contribution in [-0.2, 0) is 0 Å². The first-order valence-electron chi connectivity index (χ1n) is 6.92. The number of nitrogens with two attached hydrogens (primary N) is 1. The van der Waals surface area contributed by atoms with E-state index in [4.69, 9.17) is 10.5 Å². The molecule has 0 unspecified atom stereocenters. The minimum absolute atomic E-state index is 0.789. The molecular weight excluding hydrogens is 258 g/mol. The van der Waals surface area contributed by atoms with E-state index in [1.807, 2.05) is 66.7 Å². The molecule has 2 nitrogen and oxygen atoms in total. The zero-order valence-electron chi connectivity index (χ0n) is 11.9. The second-order valence-electron chi connectivity index (χ2n) is 5.03. The van der Waals surface area contributed by atoms with E-state index in [2.05, 4.69) is 13.0 Å². The fraction of sp³-hybridized carbons (Fsp3) is 0.0526. The highest BCUT2D eigenvalue weighted by Crippen LogP contribution is 2.29. The molecule has 2 heteroatoms. The molecule has 0 aliphatic heterocycles. The van der Waals surface area contributed by atoms with Crippen LogP contribution in [0.15, 0.2) is 72.8 Å². The van der Waals surface area contributed by atoms with E-state index in [9.17, 15) is 0 Å². The Morgan fingerprint density at radius 1 is 0.762 bits per heavy atom. The van der Waals surface area contributed by atoms with Crippen molar-refractivity contribution in [3.8, 4) is 22.6 Å². The van der Waals surface area contributed by atoms with Crippen LogP contribution >= 0.6 is 0 Å². The van der Waals surface area contributed by atoms with E-state index < -0.39 is 0 Å². The molecular formula is C19H17NO. The molecule has 3 rings (SSSR count). The van der Waals surface area contributed by atoms with E-state index in [0.29, 0.717) is 0 Å². The lowest BCUT2D eigenvalue weighted by Gasteiger charge is -2.09. The summed E-state index contributed by atoms with van der Waals surface area (Å²) in [4.78, 5) is 0. The number of aryl methyl sites for hydroxylation is 1. The molecule has 0 aliphatic carbocycles. The SMILES string of the molecule is Cc1ccc(N)c(-c2ccc(Oc3ccccc3)cc2)c1. The molecule has 0 aromatic heterocycles. The summed E-state index contributed by atoms with van der Waals surface area (Å²) in [6.45, 7) is 2.07. The summed E-state index contributed by atoms with van der Waals surface area (Å²) in [5.41, 5.74) is 10.2. The lowest BCUT2D eigenvalue weighted by Crippen LogP contribution is -1.91. The quantitative estimate of drug-likeness (QED) is 0.680. The van der Waals surface area contributed by atoms with Crippen molar-refractivity contribution < 1.29 is 4.74 Å². The van der Waals surface area contributed by atoms with Gasteiger partial charge in [0.1, 0.15) is 11.5 Å². The van der Waals surface area contributed by atoms with Gasteiger partial charge in [-0.15, -0.1) is 0 Å². The second-order valence-corrected chi connectivity index (χ2v) is 5.03. The number of anilines is 1. The third-order valence-electron chi connectivity index (χ3n) is 3.35. The predicted octanol–water partition coefficient (Wildman–Crippen LogP) is 5.04. The Bertz CT molecular complexity index is 733. The number of benzene rings is 3. The highest BCUT2D eigenvalue weighted by Gasteiger charge is 2.04. The molecule has 2 N–H and O–H groups in total. The summed E-state index contributed by atoms with van der Waals surface area (Å²) in [6, 6.07) is 23.8. The molecule has 0 amide bonds. The summed E-state index contributed by atoms with van der Waals surface area (Å²) in [7, 11) is 0. The van der Waals surface area contributed by atoms with Crippen LogP contribution in [0.5, 0.6) is 11.5 Å². The fourth-order valence-electron chi connectivity index (χ4n) is 2.25. The van der Waals surface area contributed by atoms with Crippen molar-refractivity contribution in [2.75, 3.05) is 5.73 Å². The molecule has 0 fully saturated rings. The minimum atomic E-state index is 0.789. The summed E-state index contributed by atoms with van der Waals surface area (Å²) >= 11 is 0. The molecule has 0 bridgehead atoms. The van der Waals surface area contributed by atoms with Gasteiger partial charge in [0.15, 0.2) is 0 Å². The monoisotopic (exact) mass is 275 g/mol. The summed E-state index contributed by atoms with van der Waals surface area (Å²) in [5, 5.41) is 0. The van der Waals surface area contributed by atoms with Gasteiger partial charge in [-0.25, -0.2) is 0 Å². The first kappa shape index (κ1) is 13.3. The molecule has 21 heavy (non-hydrogen) atoms. The smallest absolute Gasteiger partial charge is 0.127 e. The summed E-state index contributed by atoms with van der Waals surface area (Å²) in [5.74, 6) is 1.65. The van der Waals surface area contributed by atoms with Gasteiger partial charge < -0.3 is 10.5 Å². The maximum atomic E-state index is 6.05. The van der Waals surface area contributed by atoms with Crippen LogP contribution in [0.4, 0.5) is 5.69 Å². The molecule has 0 radical (unpaired) electrons. The van der Waals surface area contributed by atoms with Crippen molar-refractivity contribution in [1.82, 2.24) is 0 Å². The van der Waals surface area contributed by atoms with Crippen LogP contribution in [0.3, 0.4) is 0 Å². The Hall–Kier alpha value is -2.74. The van der Waals surface area contributed by atoms with Gasteiger partial charge in [-0.1, -0.05) is 42.0 Å². The van der Waals surface area contributed by atoms with Gasteiger partial charge >= 0.3 is 0 Å². The number of para-hydroxylation sites is 1. The Balaban J connectivity index is 1.85. The normalized spacial score (nSPS) is 10.3. The topological polar surface area (TPSA) is 35.2 Å². The first-order chi connectivity index (χ1) is 10.2. The number of hydrogen-bond donors (Lipinski definition) is 1. The average Bonchev–Trinajstić information content (AvgIpc) is 2.52. The zero-order valence-corrected chi connectivity index (χ0v) is 11.9. The zero-order chi connectivity index (χ0) is 14.7. The Labute approximate surface area is 124 Å². The molecule has 104 valence electrons. The third kappa shape index (κ3) is 3.06. The largest absolute Gasteiger partial charge is 0.457 e. The highest BCUT2D eigenvalue weighted by atomic mass is 16.5. The van der Waals surface area contributed by atoms with Crippen LogP contribution < -0.4 is 10.5 Å². The van der Waals surface area contributed by atoms with Crippen molar-refractivity contribution in [2.45, 2.75) is 6.92 Å². The Kier molecular flexibility index (Phi) is 3.61. The standard InChI is InChI=1S/C19H17NO/c1-14-7-12-19(20)18(13-14)15-8-10-17(11-9-15)21-16-5-3-2-4-6-16/h2-13H,20H2,1H3. The van der Waals surface area contributed by atoms with E-state index in [1.165, 1.54) is 5.56 Å². The van der Waals surface area contributed by atoms with E-state index in [-0.39, 0.29) is 0 Å². The van der Waals surface area contributed by atoms with Crippen LogP contribution in [-0.4, -0.2) is 0 Å². The van der Waals surface area contributed by atoms with Crippen molar-refractivity contribution in [3.63, 3.8) is 0 Å². The molecule has 0 saturated carbocycles. The van der Waals surface area contributed by atoms with Crippen molar-refractivity contribution >= 4 is 5.69 Å². The second kappa shape index (κ2) is 5.71. The van der Waals surface area contributed by atoms with Crippen molar-refractivity contribution in [2.24, 2.45) is 0 Å². The van der Waals surface area contributed by atoms with Crippen LogP contribution in [0.2, 0.25) is 0 Å². The molecule has 0 saturated heterocycles. The van der Waals surface area contributed by atoms with Gasteiger partial charge in [-0.3, -0.25) is 0 Å². The van der Waals surface area contributed by atoms with E-state index in [1.54, 1.807) is 0 Å². The van der Waals surface area contributed by atoms with Gasteiger partial charge in [0.05, 0.1) is 0 Å². The molecule has 0 heterocycles. The highest BCUT2D eigenvalue weighted by molar-refractivity contribution is 5.77. The van der Waals surface area contributed by atoms with E-state index >= 15 is 0 Å². The molecule has 0 aliphatic rings. The Morgan fingerprint density at radius 2 is 1.43 bits per heavy atom. The van der Waals surface area contributed by atoms with Crippen molar-refractivity contribution in [3.05, 3.63) is 78.4 Å². The number of rotatable bonds is 3. The van der Waals surface area contributed by atoms with E-state index in [0.717, 1.165) is 28.3 Å². The lowest BCUT2D eigenvalue weighted by molar-refractivity contribution is 0.483. The average molecular weight is 275 g/mol. The van der Waals surface area contributed by atoms with Gasteiger partial charge in [0.25, 0.3) is 0 Å². The summed E-state index contributed by atoms with van der Waals surface area (Å²) < 4.78 is 5.79. The van der Waals surface area contributed by atoms with Gasteiger partial charge in [-0.2, -0.15) is 0 Å². The first-order valence-corrected chi connectivity index (χ1v) is 6.92. The number of nitrogen functional groups attached to an aromatic ring is 1. The van der Waals surface area contributed by atoms with Gasteiger partial charge in [0, 0.05) is 11.3 Å². The fourth-order valence-corrected chi connectivity index (χ4v) is 2.25. The third-order valence-corrected chi connectivity index (χ3v) is 3.35. The number of hydrogen-bond acceptors (Lipinski definition) is 2. The van der Waals surface area contributed by atoms with Gasteiger partial charge in [0.2, 0.25) is 0 Å². The number of ether oxygens (including phenoxy) is 1. The van der Waals surface area contributed by atoms with Crippen LogP contribution in [0.25, 0.3) is 11.1 Å². The maximum Gasteiger partial charge on any atom is 0.127 e. The molecule has 0 spiro atoms. The van der Waals surface area contributed by atoms with Gasteiger partial charge in [-0.05, 0) is 48.9 Å². The van der Waals surface area contributed by atoms with Crippen LogP contribution in [0.1, 0.15) is 5.56 Å². The molecule has 3 aromatic rings. The lowest BCUT2D eigenvalue weighted by atomic mass is 10.0. The minimum Gasteiger partial charge on any atom is -0.457 e.